The van der Waals surface area contributed by atoms with E-state index in [-0.39, 0.29) is 24.0 Å². The molecule has 0 aliphatic carbocycles. The third kappa shape index (κ3) is 2.23. The molecule has 1 N–H and O–H groups in total. The Hall–Kier alpha value is -1.72. The molecule has 0 unspecified atom stereocenters. The molecule has 5 heteroatoms. The monoisotopic (exact) mass is 275 g/mol. The number of benzene rings is 1. The summed E-state index contributed by atoms with van der Waals surface area (Å²) in [6.07, 6.45) is 0.313. The number of nitrogens with zero attached hydrogens (tertiary/aromatic N) is 1. The number of amides is 2. The number of imide groups is 1. The summed E-state index contributed by atoms with van der Waals surface area (Å²) in [5.41, 5.74) is 1.04. The normalized spacial score (nSPS) is 29.7. The summed E-state index contributed by atoms with van der Waals surface area (Å²) in [6, 6.07) is 7.02. The number of ether oxygens (including phenoxy) is 1. The molecule has 0 aromatic heterocycles. The highest BCUT2D eigenvalue weighted by Gasteiger charge is 2.38. The first kappa shape index (κ1) is 13.3. The van der Waals surface area contributed by atoms with Crippen molar-refractivity contribution in [3.8, 4) is 0 Å². The molecule has 2 heterocycles. The van der Waals surface area contributed by atoms with E-state index in [0.29, 0.717) is 17.8 Å². The van der Waals surface area contributed by atoms with E-state index in [4.69, 9.17) is 4.74 Å². The maximum absolute atomic E-state index is 12.3. The van der Waals surface area contributed by atoms with Gasteiger partial charge in [-0.05, 0) is 26.0 Å². The maximum atomic E-state index is 12.3. The summed E-state index contributed by atoms with van der Waals surface area (Å²) < 4.78 is 5.69. The average Bonchev–Trinajstić information content (AvgIpc) is 2.64. The summed E-state index contributed by atoms with van der Waals surface area (Å²) in [4.78, 5) is 27.2. The van der Waals surface area contributed by atoms with Crippen LogP contribution in [0.15, 0.2) is 24.3 Å². The molecule has 3 rings (SSSR count). The Bertz CT molecular complexity index is 513. The molecule has 2 atom stereocenters. The highest BCUT2D eigenvalue weighted by Crippen LogP contribution is 2.21. The van der Waals surface area contributed by atoms with Gasteiger partial charge in [-0.25, -0.2) is 4.90 Å². The van der Waals surface area contributed by atoms with Gasteiger partial charge in [-0.3, -0.25) is 9.59 Å². The lowest BCUT2D eigenvalue weighted by molar-refractivity contribution is -0.921. The maximum Gasteiger partial charge on any atom is 0.265 e. The van der Waals surface area contributed by atoms with Crippen molar-refractivity contribution in [1.29, 1.82) is 0 Å². The molecule has 1 fully saturated rings. The molecule has 1 aromatic rings. The lowest BCUT2D eigenvalue weighted by Gasteiger charge is -2.33. The van der Waals surface area contributed by atoms with Crippen LogP contribution in [0.1, 0.15) is 34.6 Å². The van der Waals surface area contributed by atoms with Gasteiger partial charge in [0.2, 0.25) is 0 Å². The van der Waals surface area contributed by atoms with Crippen LogP contribution in [0, 0.1) is 0 Å². The number of carbonyl (C=O) groups excluding carboxylic acids is 2. The van der Waals surface area contributed by atoms with Crippen LogP contribution >= 0.6 is 0 Å². The Morgan fingerprint density at radius 2 is 1.60 bits per heavy atom. The van der Waals surface area contributed by atoms with Crippen molar-refractivity contribution in [2.45, 2.75) is 26.1 Å². The summed E-state index contributed by atoms with van der Waals surface area (Å²) in [6.45, 7) is 6.11. The Kier molecular flexibility index (Phi) is 3.31. The van der Waals surface area contributed by atoms with Gasteiger partial charge in [-0.15, -0.1) is 0 Å². The summed E-state index contributed by atoms with van der Waals surface area (Å²) in [5, 5.41) is 0. The van der Waals surface area contributed by atoms with Gasteiger partial charge in [0.1, 0.15) is 25.3 Å². The van der Waals surface area contributed by atoms with Crippen molar-refractivity contribution in [2.75, 3.05) is 19.8 Å². The largest absolute Gasteiger partial charge is 0.364 e. The highest BCUT2D eigenvalue weighted by molar-refractivity contribution is 6.21. The van der Waals surface area contributed by atoms with Crippen LogP contribution in [0.4, 0.5) is 0 Å². The number of quaternary nitrogens is 1. The SMILES string of the molecule is C[C@@H]1C[NH+](CN2C(=O)c3ccccc3C2=O)C[C@@H](C)O1. The molecule has 2 amide bonds. The predicted molar refractivity (Wildman–Crippen MR) is 72.5 cm³/mol. The molecule has 106 valence electrons. The third-order valence-electron chi connectivity index (χ3n) is 3.88. The number of morpholine rings is 1. The van der Waals surface area contributed by atoms with Crippen LogP contribution in [-0.4, -0.2) is 48.7 Å². The molecule has 0 bridgehead atoms. The number of fused-ring (bicyclic) bond motifs is 1. The number of carbonyl (C=O) groups is 2. The molecule has 0 saturated carbocycles. The lowest BCUT2D eigenvalue weighted by atomic mass is 10.1. The van der Waals surface area contributed by atoms with Crippen molar-refractivity contribution < 1.29 is 19.2 Å². The van der Waals surface area contributed by atoms with E-state index in [9.17, 15) is 9.59 Å². The van der Waals surface area contributed by atoms with Crippen LogP contribution in [0.3, 0.4) is 0 Å². The van der Waals surface area contributed by atoms with Gasteiger partial charge in [0, 0.05) is 0 Å². The van der Waals surface area contributed by atoms with Gasteiger partial charge < -0.3 is 9.64 Å². The zero-order valence-electron chi connectivity index (χ0n) is 11.8. The van der Waals surface area contributed by atoms with E-state index in [1.54, 1.807) is 24.3 Å². The number of hydrogen-bond acceptors (Lipinski definition) is 3. The number of nitrogens with one attached hydrogen (secondary N) is 1. The fourth-order valence-corrected chi connectivity index (χ4v) is 3.12. The van der Waals surface area contributed by atoms with Gasteiger partial charge in [-0.1, -0.05) is 12.1 Å². The van der Waals surface area contributed by atoms with Gasteiger partial charge in [0.25, 0.3) is 11.8 Å². The molecule has 5 nitrogen and oxygen atoms in total. The highest BCUT2D eigenvalue weighted by atomic mass is 16.5. The molecule has 0 spiro atoms. The summed E-state index contributed by atoms with van der Waals surface area (Å²) in [5.74, 6) is -0.352. The first-order chi connectivity index (χ1) is 9.56. The second kappa shape index (κ2) is 5.00. The van der Waals surface area contributed by atoms with E-state index in [2.05, 4.69) is 0 Å². The topological polar surface area (TPSA) is 51.0 Å². The van der Waals surface area contributed by atoms with E-state index in [1.165, 1.54) is 9.80 Å². The molecule has 1 aromatic carbocycles. The van der Waals surface area contributed by atoms with Crippen molar-refractivity contribution >= 4 is 11.8 Å². The quantitative estimate of drug-likeness (QED) is 0.769. The van der Waals surface area contributed by atoms with Gasteiger partial charge in [0.15, 0.2) is 6.67 Å². The van der Waals surface area contributed by atoms with Crippen LogP contribution in [0.25, 0.3) is 0 Å². The minimum Gasteiger partial charge on any atom is -0.364 e. The first-order valence-corrected chi connectivity index (χ1v) is 7.00. The molecule has 1 saturated heterocycles. The molecule has 0 radical (unpaired) electrons. The van der Waals surface area contributed by atoms with Crippen LogP contribution in [-0.2, 0) is 4.74 Å². The molecule has 2 aliphatic rings. The van der Waals surface area contributed by atoms with E-state index >= 15 is 0 Å². The Balaban J connectivity index is 1.76. The lowest BCUT2D eigenvalue weighted by Crippen LogP contribution is -3.16. The minimum absolute atomic E-state index is 0.156. The number of rotatable bonds is 2. The van der Waals surface area contributed by atoms with Crippen molar-refractivity contribution in [3.63, 3.8) is 0 Å². The predicted octanol–water partition coefficient (Wildman–Crippen LogP) is -0.0678. The van der Waals surface area contributed by atoms with Gasteiger partial charge >= 0.3 is 0 Å². The molecule has 20 heavy (non-hydrogen) atoms. The smallest absolute Gasteiger partial charge is 0.265 e. The first-order valence-electron chi connectivity index (χ1n) is 7.00. The van der Waals surface area contributed by atoms with E-state index in [0.717, 1.165) is 13.1 Å². The number of hydrogen-bond donors (Lipinski definition) is 1. The standard InChI is InChI=1S/C15H18N2O3/c1-10-7-16(8-11(2)20-10)9-17-14(18)12-5-3-4-6-13(12)15(17)19/h3-6,10-11H,7-9H2,1-2H3/p+1/t10-,11-/m1/s1. The molecular weight excluding hydrogens is 256 g/mol. The zero-order valence-corrected chi connectivity index (χ0v) is 11.8. The zero-order chi connectivity index (χ0) is 14.3. The molecule has 2 aliphatic heterocycles. The fraction of sp³-hybridized carbons (Fsp3) is 0.467. The van der Waals surface area contributed by atoms with Crippen LogP contribution in [0.5, 0.6) is 0 Å². The second-order valence-electron chi connectivity index (χ2n) is 5.66. The summed E-state index contributed by atoms with van der Waals surface area (Å²) in [7, 11) is 0. The third-order valence-corrected chi connectivity index (χ3v) is 3.88. The fourth-order valence-electron chi connectivity index (χ4n) is 3.12. The van der Waals surface area contributed by atoms with Crippen LogP contribution in [0.2, 0.25) is 0 Å². The Morgan fingerprint density at radius 3 is 2.10 bits per heavy atom. The van der Waals surface area contributed by atoms with E-state index in [1.807, 2.05) is 13.8 Å². The Labute approximate surface area is 118 Å². The van der Waals surface area contributed by atoms with Crippen molar-refractivity contribution in [1.82, 2.24) is 4.90 Å². The van der Waals surface area contributed by atoms with Gasteiger partial charge in [-0.2, -0.15) is 0 Å². The van der Waals surface area contributed by atoms with Crippen molar-refractivity contribution in [3.05, 3.63) is 35.4 Å². The average molecular weight is 275 g/mol. The summed E-state index contributed by atoms with van der Waals surface area (Å²) >= 11 is 0. The second-order valence-corrected chi connectivity index (χ2v) is 5.66. The minimum atomic E-state index is -0.176. The van der Waals surface area contributed by atoms with Crippen LogP contribution < -0.4 is 4.90 Å². The Morgan fingerprint density at radius 1 is 1.10 bits per heavy atom. The van der Waals surface area contributed by atoms with Gasteiger partial charge in [0.05, 0.1) is 11.1 Å². The van der Waals surface area contributed by atoms with Crippen molar-refractivity contribution in [2.24, 2.45) is 0 Å². The molecular formula is C15H19N2O3+. The van der Waals surface area contributed by atoms with E-state index < -0.39 is 0 Å².